The molecule has 90 valence electrons. The van der Waals surface area contributed by atoms with Crippen molar-refractivity contribution in [2.24, 2.45) is 0 Å². The predicted molar refractivity (Wildman–Crippen MR) is 66.8 cm³/mol. The Morgan fingerprint density at radius 2 is 2.18 bits per heavy atom. The number of pyridine rings is 1. The van der Waals surface area contributed by atoms with Crippen molar-refractivity contribution < 1.29 is 4.74 Å². The highest BCUT2D eigenvalue weighted by Crippen LogP contribution is 2.12. The van der Waals surface area contributed by atoms with Crippen molar-refractivity contribution in [3.8, 4) is 0 Å². The second-order valence-corrected chi connectivity index (χ2v) is 4.98. The molecule has 0 radical (unpaired) electrons. The fourth-order valence-electron chi connectivity index (χ4n) is 1.93. The summed E-state index contributed by atoms with van der Waals surface area (Å²) in [5.41, 5.74) is 0.877. The Balaban J connectivity index is 1.80. The first-order chi connectivity index (χ1) is 8.31. The standard InChI is InChI=1S/C11H13BrN4O/c12-9-1-2-16-11(7-9)13-10(14-16)8-15-3-5-17-6-4-15/h1-2,7H,3-6,8H2. The van der Waals surface area contributed by atoms with E-state index in [1.54, 1.807) is 4.52 Å². The first kappa shape index (κ1) is 11.1. The van der Waals surface area contributed by atoms with Gasteiger partial charge in [0, 0.05) is 23.8 Å². The van der Waals surface area contributed by atoms with Gasteiger partial charge in [-0.2, -0.15) is 0 Å². The normalized spacial score (nSPS) is 17.7. The van der Waals surface area contributed by atoms with Crippen LogP contribution >= 0.6 is 15.9 Å². The zero-order valence-electron chi connectivity index (χ0n) is 9.34. The van der Waals surface area contributed by atoms with Gasteiger partial charge in [-0.1, -0.05) is 15.9 Å². The molecule has 0 spiro atoms. The Hall–Kier alpha value is -0.980. The van der Waals surface area contributed by atoms with Crippen molar-refractivity contribution in [1.29, 1.82) is 0 Å². The molecule has 3 heterocycles. The van der Waals surface area contributed by atoms with Gasteiger partial charge in [0.05, 0.1) is 19.8 Å². The van der Waals surface area contributed by atoms with Crippen LogP contribution in [0.2, 0.25) is 0 Å². The van der Waals surface area contributed by atoms with E-state index in [4.69, 9.17) is 4.74 Å². The van der Waals surface area contributed by atoms with E-state index in [1.165, 1.54) is 0 Å². The van der Waals surface area contributed by atoms with E-state index in [0.717, 1.165) is 48.8 Å². The molecule has 0 saturated carbocycles. The molecule has 17 heavy (non-hydrogen) atoms. The predicted octanol–water partition coefficient (Wildman–Crippen LogP) is 1.32. The number of nitrogens with zero attached hydrogens (tertiary/aromatic N) is 4. The van der Waals surface area contributed by atoms with E-state index < -0.39 is 0 Å². The number of rotatable bonds is 2. The summed E-state index contributed by atoms with van der Waals surface area (Å²) in [7, 11) is 0. The SMILES string of the molecule is Brc1ccn2nc(CN3CCOCC3)nc2c1. The molecule has 1 fully saturated rings. The lowest BCUT2D eigenvalue weighted by atomic mass is 10.4. The Morgan fingerprint density at radius 3 is 3.00 bits per heavy atom. The van der Waals surface area contributed by atoms with Crippen LogP contribution in [0, 0.1) is 0 Å². The Bertz CT molecular complexity index is 521. The fraction of sp³-hybridized carbons (Fsp3) is 0.455. The molecule has 0 aromatic carbocycles. The van der Waals surface area contributed by atoms with Gasteiger partial charge in [-0.15, -0.1) is 5.10 Å². The van der Waals surface area contributed by atoms with E-state index in [9.17, 15) is 0 Å². The highest BCUT2D eigenvalue weighted by atomic mass is 79.9. The van der Waals surface area contributed by atoms with Gasteiger partial charge in [-0.05, 0) is 12.1 Å². The number of fused-ring (bicyclic) bond motifs is 1. The van der Waals surface area contributed by atoms with Gasteiger partial charge in [0.2, 0.25) is 0 Å². The summed E-state index contributed by atoms with van der Waals surface area (Å²) in [4.78, 5) is 6.82. The molecule has 0 atom stereocenters. The lowest BCUT2D eigenvalue weighted by Crippen LogP contribution is -2.35. The van der Waals surface area contributed by atoms with Crippen molar-refractivity contribution in [3.05, 3.63) is 28.6 Å². The summed E-state index contributed by atoms with van der Waals surface area (Å²) in [5.74, 6) is 0.866. The van der Waals surface area contributed by atoms with Crippen molar-refractivity contribution in [1.82, 2.24) is 19.5 Å². The molecule has 5 nitrogen and oxygen atoms in total. The van der Waals surface area contributed by atoms with Crippen molar-refractivity contribution >= 4 is 21.6 Å². The number of halogens is 1. The lowest BCUT2D eigenvalue weighted by Gasteiger charge is -2.25. The number of aromatic nitrogens is 3. The summed E-state index contributed by atoms with van der Waals surface area (Å²) >= 11 is 3.43. The van der Waals surface area contributed by atoms with Crippen LogP contribution in [0.1, 0.15) is 5.82 Å². The highest BCUT2D eigenvalue weighted by Gasteiger charge is 2.13. The van der Waals surface area contributed by atoms with Gasteiger partial charge in [0.1, 0.15) is 0 Å². The maximum absolute atomic E-state index is 5.32. The molecule has 0 bridgehead atoms. The maximum atomic E-state index is 5.32. The summed E-state index contributed by atoms with van der Waals surface area (Å²) in [5, 5.41) is 4.45. The molecule has 1 aliphatic heterocycles. The van der Waals surface area contributed by atoms with E-state index in [1.807, 2.05) is 18.3 Å². The van der Waals surface area contributed by atoms with Gasteiger partial charge in [-0.25, -0.2) is 9.50 Å². The number of hydrogen-bond acceptors (Lipinski definition) is 4. The Labute approximate surface area is 108 Å². The third kappa shape index (κ3) is 2.48. The third-order valence-electron chi connectivity index (χ3n) is 2.81. The minimum absolute atomic E-state index is 0.794. The molecule has 0 unspecified atom stereocenters. The number of morpholine rings is 1. The monoisotopic (exact) mass is 296 g/mol. The molecule has 2 aromatic heterocycles. The number of ether oxygens (including phenoxy) is 1. The minimum Gasteiger partial charge on any atom is -0.379 e. The van der Waals surface area contributed by atoms with Crippen molar-refractivity contribution in [2.45, 2.75) is 6.54 Å². The molecule has 1 aliphatic rings. The highest BCUT2D eigenvalue weighted by molar-refractivity contribution is 9.10. The molecule has 3 rings (SSSR count). The third-order valence-corrected chi connectivity index (χ3v) is 3.31. The van der Waals surface area contributed by atoms with Crippen LogP contribution < -0.4 is 0 Å². The van der Waals surface area contributed by atoms with E-state index in [0.29, 0.717) is 0 Å². The van der Waals surface area contributed by atoms with Crippen LogP contribution in [0.4, 0.5) is 0 Å². The summed E-state index contributed by atoms with van der Waals surface area (Å²) in [6.45, 7) is 4.32. The zero-order chi connectivity index (χ0) is 11.7. The average Bonchev–Trinajstić information content (AvgIpc) is 2.71. The molecular weight excluding hydrogens is 284 g/mol. The van der Waals surface area contributed by atoms with E-state index in [-0.39, 0.29) is 0 Å². The first-order valence-corrected chi connectivity index (χ1v) is 6.41. The quantitative estimate of drug-likeness (QED) is 0.838. The van der Waals surface area contributed by atoms with Crippen LogP contribution in [-0.4, -0.2) is 45.8 Å². The zero-order valence-corrected chi connectivity index (χ0v) is 10.9. The molecule has 1 saturated heterocycles. The van der Waals surface area contributed by atoms with Gasteiger partial charge < -0.3 is 4.74 Å². The van der Waals surface area contributed by atoms with Crippen LogP contribution in [0.3, 0.4) is 0 Å². The summed E-state index contributed by atoms with van der Waals surface area (Å²) in [6.07, 6.45) is 1.91. The maximum Gasteiger partial charge on any atom is 0.165 e. The molecule has 0 N–H and O–H groups in total. The second kappa shape index (κ2) is 4.72. The van der Waals surface area contributed by atoms with Crippen LogP contribution in [0.25, 0.3) is 5.65 Å². The molecular formula is C11H13BrN4O. The van der Waals surface area contributed by atoms with Gasteiger partial charge in [0.25, 0.3) is 0 Å². The minimum atomic E-state index is 0.794. The number of hydrogen-bond donors (Lipinski definition) is 0. The fourth-order valence-corrected chi connectivity index (χ4v) is 2.25. The summed E-state index contributed by atoms with van der Waals surface area (Å²) in [6, 6.07) is 3.93. The van der Waals surface area contributed by atoms with E-state index >= 15 is 0 Å². The van der Waals surface area contributed by atoms with Crippen molar-refractivity contribution in [3.63, 3.8) is 0 Å². The van der Waals surface area contributed by atoms with Gasteiger partial charge in [0.15, 0.2) is 11.5 Å². The Morgan fingerprint density at radius 1 is 1.35 bits per heavy atom. The van der Waals surface area contributed by atoms with Crippen LogP contribution in [0.5, 0.6) is 0 Å². The summed E-state index contributed by atoms with van der Waals surface area (Å²) < 4.78 is 8.15. The van der Waals surface area contributed by atoms with Crippen LogP contribution in [0.15, 0.2) is 22.8 Å². The largest absolute Gasteiger partial charge is 0.379 e. The Kier molecular flexibility index (Phi) is 3.09. The molecule has 2 aromatic rings. The smallest absolute Gasteiger partial charge is 0.165 e. The average molecular weight is 297 g/mol. The topological polar surface area (TPSA) is 42.7 Å². The first-order valence-electron chi connectivity index (χ1n) is 5.62. The van der Waals surface area contributed by atoms with Gasteiger partial charge >= 0.3 is 0 Å². The second-order valence-electron chi connectivity index (χ2n) is 4.06. The van der Waals surface area contributed by atoms with Gasteiger partial charge in [-0.3, -0.25) is 4.90 Å². The van der Waals surface area contributed by atoms with E-state index in [2.05, 4.69) is 30.9 Å². The molecule has 6 heteroatoms. The lowest BCUT2D eigenvalue weighted by molar-refractivity contribution is 0.0331. The van der Waals surface area contributed by atoms with Crippen molar-refractivity contribution in [2.75, 3.05) is 26.3 Å². The van der Waals surface area contributed by atoms with Crippen LogP contribution in [-0.2, 0) is 11.3 Å². The molecule has 0 aliphatic carbocycles. The molecule has 0 amide bonds.